The largest absolute Gasteiger partial charge is 0.394 e. The Hall–Kier alpha value is -1.70. The molecular formula is C11H11F4N3O. The summed E-state index contributed by atoms with van der Waals surface area (Å²) in [5.41, 5.74) is -1.29. The van der Waals surface area contributed by atoms with Crippen LogP contribution in [0.25, 0.3) is 11.0 Å². The zero-order valence-corrected chi connectivity index (χ0v) is 10.2. The van der Waals surface area contributed by atoms with Crippen molar-refractivity contribution < 1.29 is 22.7 Å². The highest BCUT2D eigenvalue weighted by Crippen LogP contribution is 2.28. The van der Waals surface area contributed by atoms with E-state index in [1.165, 1.54) is 0 Å². The molecule has 2 rings (SSSR count). The van der Waals surface area contributed by atoms with Gasteiger partial charge in [0.1, 0.15) is 5.52 Å². The molecule has 0 aliphatic rings. The molecule has 0 aliphatic heterocycles. The summed E-state index contributed by atoms with van der Waals surface area (Å²) in [5.74, 6) is -7.21. The maximum Gasteiger partial charge on any atom is 0.199 e. The summed E-state index contributed by atoms with van der Waals surface area (Å²) in [6.07, 6.45) is 0. The Bertz CT molecular complexity index is 626. The van der Waals surface area contributed by atoms with E-state index >= 15 is 0 Å². The number of halogens is 4. The Morgan fingerprint density at radius 1 is 1.05 bits per heavy atom. The summed E-state index contributed by atoms with van der Waals surface area (Å²) >= 11 is 0. The molecule has 0 spiro atoms. The van der Waals surface area contributed by atoms with E-state index in [-0.39, 0.29) is 5.92 Å². The van der Waals surface area contributed by atoms with Crippen LogP contribution in [0, 0.1) is 29.2 Å². The number of aromatic nitrogens is 3. The summed E-state index contributed by atoms with van der Waals surface area (Å²) in [6.45, 7) is 3.00. The predicted octanol–water partition coefficient (Wildman–Crippen LogP) is 2.18. The average Bonchev–Trinajstić information content (AvgIpc) is 2.79. The fourth-order valence-corrected chi connectivity index (χ4v) is 1.85. The van der Waals surface area contributed by atoms with Gasteiger partial charge in [0.2, 0.25) is 0 Å². The molecule has 0 amide bonds. The number of hydrogen-bond acceptors (Lipinski definition) is 3. The molecule has 0 saturated carbocycles. The van der Waals surface area contributed by atoms with Crippen molar-refractivity contribution in [2.75, 3.05) is 6.61 Å². The first-order valence-electron chi connectivity index (χ1n) is 5.57. The normalized spacial score (nSPS) is 13.5. The molecule has 4 nitrogen and oxygen atoms in total. The minimum Gasteiger partial charge on any atom is -0.394 e. The van der Waals surface area contributed by atoms with Crippen molar-refractivity contribution in [3.63, 3.8) is 0 Å². The lowest BCUT2D eigenvalue weighted by Gasteiger charge is -2.19. The highest BCUT2D eigenvalue weighted by atomic mass is 19.2. The molecule has 1 heterocycles. The Balaban J connectivity index is 2.79. The van der Waals surface area contributed by atoms with Crippen LogP contribution >= 0.6 is 0 Å². The van der Waals surface area contributed by atoms with Crippen molar-refractivity contribution in [2.45, 2.75) is 19.9 Å². The van der Waals surface area contributed by atoms with Crippen molar-refractivity contribution in [3.8, 4) is 0 Å². The zero-order chi connectivity index (χ0) is 14.3. The first kappa shape index (κ1) is 13.7. The van der Waals surface area contributed by atoms with Gasteiger partial charge in [0.15, 0.2) is 28.8 Å². The van der Waals surface area contributed by atoms with Gasteiger partial charge in [0.25, 0.3) is 0 Å². The van der Waals surface area contributed by atoms with Gasteiger partial charge in [-0.05, 0) is 5.92 Å². The maximum absolute atomic E-state index is 13.7. The van der Waals surface area contributed by atoms with E-state index in [9.17, 15) is 22.7 Å². The van der Waals surface area contributed by atoms with Gasteiger partial charge < -0.3 is 5.11 Å². The smallest absolute Gasteiger partial charge is 0.199 e. The first-order chi connectivity index (χ1) is 8.90. The first-order valence-corrected chi connectivity index (χ1v) is 5.57. The Labute approximate surface area is 105 Å². The Morgan fingerprint density at radius 2 is 1.63 bits per heavy atom. The standard InChI is InChI=1S/C11H11F4N3O/c1-4(2)5(3-19)18-11-9(15)7(13)6(12)8(14)10(11)16-17-18/h4-5,19H,3H2,1-2H3. The molecule has 19 heavy (non-hydrogen) atoms. The van der Waals surface area contributed by atoms with Crippen LogP contribution in [-0.2, 0) is 0 Å². The topological polar surface area (TPSA) is 50.9 Å². The fraction of sp³-hybridized carbons (Fsp3) is 0.455. The van der Waals surface area contributed by atoms with E-state index < -0.39 is 47.0 Å². The number of fused-ring (bicyclic) bond motifs is 1. The average molecular weight is 277 g/mol. The van der Waals surface area contributed by atoms with Crippen LogP contribution in [0.1, 0.15) is 19.9 Å². The Morgan fingerprint density at radius 3 is 2.16 bits per heavy atom. The summed E-state index contributed by atoms with van der Waals surface area (Å²) in [5, 5.41) is 16.0. The number of hydrogen-bond donors (Lipinski definition) is 1. The van der Waals surface area contributed by atoms with Gasteiger partial charge in [-0.1, -0.05) is 19.1 Å². The monoisotopic (exact) mass is 277 g/mol. The second-order valence-electron chi connectivity index (χ2n) is 4.48. The fourth-order valence-electron chi connectivity index (χ4n) is 1.85. The molecule has 0 fully saturated rings. The van der Waals surface area contributed by atoms with Crippen LogP contribution in [0.5, 0.6) is 0 Å². The number of benzene rings is 1. The van der Waals surface area contributed by atoms with E-state index in [1.807, 2.05) is 0 Å². The number of aliphatic hydroxyl groups excluding tert-OH is 1. The van der Waals surface area contributed by atoms with Crippen molar-refractivity contribution in [1.82, 2.24) is 15.0 Å². The van der Waals surface area contributed by atoms with Crippen molar-refractivity contribution in [1.29, 1.82) is 0 Å². The summed E-state index contributed by atoms with van der Waals surface area (Å²) < 4.78 is 54.3. The summed E-state index contributed by atoms with van der Waals surface area (Å²) in [4.78, 5) is 0. The molecule has 0 radical (unpaired) electrons. The summed E-state index contributed by atoms with van der Waals surface area (Å²) in [6, 6.07) is -0.719. The SMILES string of the molecule is CC(C)C(CO)n1nnc2c(F)c(F)c(F)c(F)c21. The minimum absolute atomic E-state index is 0.189. The van der Waals surface area contributed by atoms with Gasteiger partial charge in [-0.25, -0.2) is 22.2 Å². The van der Waals surface area contributed by atoms with Gasteiger partial charge >= 0.3 is 0 Å². The number of aliphatic hydroxyl groups is 1. The van der Waals surface area contributed by atoms with Crippen LogP contribution in [0.2, 0.25) is 0 Å². The molecule has 8 heteroatoms. The van der Waals surface area contributed by atoms with E-state index in [0.717, 1.165) is 4.68 Å². The van der Waals surface area contributed by atoms with Crippen molar-refractivity contribution in [3.05, 3.63) is 23.3 Å². The lowest BCUT2D eigenvalue weighted by atomic mass is 10.1. The van der Waals surface area contributed by atoms with Gasteiger partial charge in [-0.15, -0.1) is 5.10 Å². The van der Waals surface area contributed by atoms with Gasteiger partial charge in [-0.3, -0.25) is 0 Å². The molecule has 0 saturated heterocycles. The van der Waals surface area contributed by atoms with Crippen molar-refractivity contribution in [2.24, 2.45) is 5.92 Å². The molecule has 1 atom stereocenters. The van der Waals surface area contributed by atoms with Gasteiger partial charge in [0, 0.05) is 0 Å². The second-order valence-corrected chi connectivity index (χ2v) is 4.48. The number of rotatable bonds is 3. The van der Waals surface area contributed by atoms with Crippen molar-refractivity contribution >= 4 is 11.0 Å². The number of nitrogens with zero attached hydrogens (tertiary/aromatic N) is 3. The van der Waals surface area contributed by atoms with Gasteiger partial charge in [0.05, 0.1) is 12.6 Å². The lowest BCUT2D eigenvalue weighted by molar-refractivity contribution is 0.183. The van der Waals surface area contributed by atoms with E-state index in [4.69, 9.17) is 0 Å². The predicted molar refractivity (Wildman–Crippen MR) is 58.3 cm³/mol. The molecule has 0 bridgehead atoms. The van der Waals surface area contributed by atoms with Crippen LogP contribution in [0.3, 0.4) is 0 Å². The molecule has 1 N–H and O–H groups in total. The highest BCUT2D eigenvalue weighted by molar-refractivity contribution is 5.76. The molecule has 1 unspecified atom stereocenters. The van der Waals surface area contributed by atoms with E-state index in [2.05, 4.69) is 10.3 Å². The summed E-state index contributed by atoms with van der Waals surface area (Å²) in [7, 11) is 0. The van der Waals surface area contributed by atoms with Crippen LogP contribution in [0.4, 0.5) is 17.6 Å². The zero-order valence-electron chi connectivity index (χ0n) is 10.2. The van der Waals surface area contributed by atoms with E-state index in [0.29, 0.717) is 0 Å². The second kappa shape index (κ2) is 4.76. The molecule has 2 aromatic rings. The molecular weight excluding hydrogens is 266 g/mol. The minimum atomic E-state index is -1.93. The molecule has 1 aromatic heterocycles. The van der Waals surface area contributed by atoms with Gasteiger partial charge in [-0.2, -0.15) is 0 Å². The molecule has 104 valence electrons. The van der Waals surface area contributed by atoms with Crippen LogP contribution in [0.15, 0.2) is 0 Å². The lowest BCUT2D eigenvalue weighted by Crippen LogP contribution is -2.21. The molecule has 1 aromatic carbocycles. The molecule has 0 aliphatic carbocycles. The Kier molecular flexibility index (Phi) is 3.44. The quantitative estimate of drug-likeness (QED) is 0.531. The highest BCUT2D eigenvalue weighted by Gasteiger charge is 2.28. The van der Waals surface area contributed by atoms with E-state index in [1.54, 1.807) is 13.8 Å². The van der Waals surface area contributed by atoms with Crippen LogP contribution in [-0.4, -0.2) is 26.7 Å². The third-order valence-corrected chi connectivity index (χ3v) is 2.96. The maximum atomic E-state index is 13.7. The van der Waals surface area contributed by atoms with Crippen LogP contribution < -0.4 is 0 Å². The third-order valence-electron chi connectivity index (χ3n) is 2.96. The third kappa shape index (κ3) is 1.95.